The molecular formula is C22H28N6O3. The summed E-state index contributed by atoms with van der Waals surface area (Å²) >= 11 is 0. The van der Waals surface area contributed by atoms with E-state index < -0.39 is 5.60 Å². The van der Waals surface area contributed by atoms with Crippen LogP contribution < -0.4 is 10.1 Å². The van der Waals surface area contributed by atoms with Gasteiger partial charge in [-0.15, -0.1) is 0 Å². The number of hydrogen-bond acceptors (Lipinski definition) is 6. The molecule has 3 aromatic heterocycles. The fourth-order valence-electron chi connectivity index (χ4n) is 4.10. The molecule has 5 rings (SSSR count). The van der Waals surface area contributed by atoms with Crippen molar-refractivity contribution in [1.29, 1.82) is 0 Å². The summed E-state index contributed by atoms with van der Waals surface area (Å²) in [6.45, 7) is 6.49. The van der Waals surface area contributed by atoms with E-state index in [0.29, 0.717) is 31.4 Å². The smallest absolute Gasteiger partial charge is 0.241 e. The van der Waals surface area contributed by atoms with Crippen LogP contribution in [-0.4, -0.2) is 53.6 Å². The minimum absolute atomic E-state index is 0.0644. The van der Waals surface area contributed by atoms with Crippen molar-refractivity contribution in [1.82, 2.24) is 29.6 Å². The summed E-state index contributed by atoms with van der Waals surface area (Å²) in [4.78, 5) is 21.1. The van der Waals surface area contributed by atoms with Crippen molar-refractivity contribution in [3.05, 3.63) is 24.8 Å². The van der Waals surface area contributed by atoms with Crippen LogP contribution in [0.1, 0.15) is 46.1 Å². The zero-order chi connectivity index (χ0) is 21.8. The third kappa shape index (κ3) is 4.14. The lowest BCUT2D eigenvalue weighted by molar-refractivity contribution is -0.119. The predicted octanol–water partition coefficient (Wildman–Crippen LogP) is 2.30. The van der Waals surface area contributed by atoms with Crippen LogP contribution >= 0.6 is 0 Å². The number of hydrogen-bond donors (Lipinski definition) is 2. The highest BCUT2D eigenvalue weighted by Crippen LogP contribution is 2.40. The maximum atomic E-state index is 11.7. The van der Waals surface area contributed by atoms with E-state index in [1.54, 1.807) is 24.7 Å². The summed E-state index contributed by atoms with van der Waals surface area (Å²) in [7, 11) is 0. The summed E-state index contributed by atoms with van der Waals surface area (Å²) < 4.78 is 10.2. The first-order valence-electron chi connectivity index (χ1n) is 10.8. The van der Waals surface area contributed by atoms with Crippen molar-refractivity contribution in [2.45, 2.75) is 64.3 Å². The molecule has 4 heterocycles. The van der Waals surface area contributed by atoms with E-state index in [-0.39, 0.29) is 17.9 Å². The Kier molecular flexibility index (Phi) is 4.73. The molecular weight excluding hydrogens is 396 g/mol. The van der Waals surface area contributed by atoms with Gasteiger partial charge in [-0.25, -0.2) is 9.97 Å². The molecule has 9 nitrogen and oxygen atoms in total. The SMILES string of the molecule is CC(Oc1nc(-c2cnn(CC(C)(C)O)c2)cc2ncn(C3CC3)c12)[C@H]1CNC(=O)C1. The Bertz CT molecular complexity index is 1120. The van der Waals surface area contributed by atoms with E-state index in [1.165, 1.54) is 0 Å². The molecule has 1 aliphatic carbocycles. The van der Waals surface area contributed by atoms with Crippen LogP contribution in [0.15, 0.2) is 24.8 Å². The number of fused-ring (bicyclic) bond motifs is 1. The van der Waals surface area contributed by atoms with Gasteiger partial charge in [-0.1, -0.05) is 0 Å². The zero-order valence-corrected chi connectivity index (χ0v) is 18.1. The molecule has 0 bridgehead atoms. The van der Waals surface area contributed by atoms with Crippen LogP contribution in [0.3, 0.4) is 0 Å². The van der Waals surface area contributed by atoms with Gasteiger partial charge in [0.25, 0.3) is 0 Å². The third-order valence-corrected chi connectivity index (χ3v) is 5.91. The quantitative estimate of drug-likeness (QED) is 0.603. The molecule has 1 saturated carbocycles. The molecule has 164 valence electrons. The summed E-state index contributed by atoms with van der Waals surface area (Å²) in [5.74, 6) is 0.716. The first kappa shape index (κ1) is 20.0. The number of ether oxygens (including phenoxy) is 1. The summed E-state index contributed by atoms with van der Waals surface area (Å²) in [6, 6.07) is 2.40. The van der Waals surface area contributed by atoms with Gasteiger partial charge in [0, 0.05) is 36.7 Å². The Morgan fingerprint density at radius 2 is 2.19 bits per heavy atom. The average molecular weight is 425 g/mol. The van der Waals surface area contributed by atoms with Crippen molar-refractivity contribution in [3.63, 3.8) is 0 Å². The lowest BCUT2D eigenvalue weighted by atomic mass is 10.0. The lowest BCUT2D eigenvalue weighted by Crippen LogP contribution is -2.26. The van der Waals surface area contributed by atoms with Crippen molar-refractivity contribution < 1.29 is 14.6 Å². The van der Waals surface area contributed by atoms with Crippen molar-refractivity contribution in [2.75, 3.05) is 6.54 Å². The average Bonchev–Trinajstić information content (AvgIpc) is 3.09. The van der Waals surface area contributed by atoms with Crippen molar-refractivity contribution in [3.8, 4) is 17.1 Å². The molecule has 1 unspecified atom stereocenters. The van der Waals surface area contributed by atoms with Crippen LogP contribution in [0.5, 0.6) is 5.88 Å². The first-order valence-corrected chi connectivity index (χ1v) is 10.8. The van der Waals surface area contributed by atoms with Gasteiger partial charge in [0.2, 0.25) is 11.8 Å². The summed E-state index contributed by atoms with van der Waals surface area (Å²) in [5.41, 5.74) is 2.43. The van der Waals surface area contributed by atoms with E-state index in [4.69, 9.17) is 9.72 Å². The normalized spacial score (nSPS) is 20.3. The molecule has 2 N–H and O–H groups in total. The number of carbonyl (C=O) groups excluding carboxylic acids is 1. The van der Waals surface area contributed by atoms with Gasteiger partial charge in [0.05, 0.1) is 35.9 Å². The zero-order valence-electron chi connectivity index (χ0n) is 18.1. The molecule has 0 aromatic carbocycles. The van der Waals surface area contributed by atoms with E-state index in [1.807, 2.05) is 25.5 Å². The number of carbonyl (C=O) groups is 1. The van der Waals surface area contributed by atoms with Crippen LogP contribution in [0, 0.1) is 5.92 Å². The number of pyridine rings is 1. The van der Waals surface area contributed by atoms with E-state index in [9.17, 15) is 9.90 Å². The number of amides is 1. The first-order chi connectivity index (χ1) is 14.8. The monoisotopic (exact) mass is 424 g/mol. The largest absolute Gasteiger partial charge is 0.473 e. The van der Waals surface area contributed by atoms with Crippen LogP contribution in [0.2, 0.25) is 0 Å². The molecule has 1 aliphatic heterocycles. The molecule has 1 saturated heterocycles. The lowest BCUT2D eigenvalue weighted by Gasteiger charge is -2.20. The molecule has 0 spiro atoms. The molecule has 2 fully saturated rings. The highest BCUT2D eigenvalue weighted by Gasteiger charge is 2.31. The number of rotatable bonds is 7. The third-order valence-electron chi connectivity index (χ3n) is 5.91. The Morgan fingerprint density at radius 3 is 2.87 bits per heavy atom. The molecule has 2 atom stereocenters. The van der Waals surface area contributed by atoms with Gasteiger partial charge >= 0.3 is 0 Å². The van der Waals surface area contributed by atoms with Gasteiger partial charge in [-0.2, -0.15) is 5.10 Å². The Morgan fingerprint density at radius 1 is 1.39 bits per heavy atom. The fourth-order valence-corrected chi connectivity index (χ4v) is 4.10. The second kappa shape index (κ2) is 7.33. The molecule has 31 heavy (non-hydrogen) atoms. The van der Waals surface area contributed by atoms with Crippen molar-refractivity contribution in [2.24, 2.45) is 5.92 Å². The van der Waals surface area contributed by atoms with E-state index >= 15 is 0 Å². The Labute approximate surface area is 180 Å². The maximum Gasteiger partial charge on any atom is 0.241 e. The van der Waals surface area contributed by atoms with Crippen LogP contribution in [-0.2, 0) is 11.3 Å². The minimum Gasteiger partial charge on any atom is -0.473 e. The number of imidazole rings is 1. The molecule has 3 aromatic rings. The number of nitrogens with zero attached hydrogens (tertiary/aromatic N) is 5. The fraction of sp³-hybridized carbons (Fsp3) is 0.545. The second-order valence-electron chi connectivity index (χ2n) is 9.39. The van der Waals surface area contributed by atoms with Gasteiger partial charge in [0.1, 0.15) is 11.6 Å². The number of aliphatic hydroxyl groups is 1. The predicted molar refractivity (Wildman–Crippen MR) is 115 cm³/mol. The topological polar surface area (TPSA) is 107 Å². The van der Waals surface area contributed by atoms with Gasteiger partial charge in [-0.05, 0) is 39.7 Å². The second-order valence-corrected chi connectivity index (χ2v) is 9.39. The van der Waals surface area contributed by atoms with E-state index in [2.05, 4.69) is 20.0 Å². The summed E-state index contributed by atoms with van der Waals surface area (Å²) in [6.07, 6.45) is 8.05. The Balaban J connectivity index is 1.51. The molecule has 9 heteroatoms. The Hall–Kier alpha value is -2.94. The molecule has 1 amide bonds. The summed E-state index contributed by atoms with van der Waals surface area (Å²) in [5, 5.41) is 17.3. The minimum atomic E-state index is -0.861. The highest BCUT2D eigenvalue weighted by atomic mass is 16.5. The number of aromatic nitrogens is 5. The van der Waals surface area contributed by atoms with Gasteiger partial charge < -0.3 is 19.7 Å². The van der Waals surface area contributed by atoms with Crippen molar-refractivity contribution >= 4 is 16.9 Å². The van der Waals surface area contributed by atoms with Gasteiger partial charge in [0.15, 0.2) is 0 Å². The maximum absolute atomic E-state index is 11.7. The van der Waals surface area contributed by atoms with Crippen LogP contribution in [0.25, 0.3) is 22.3 Å². The molecule has 2 aliphatic rings. The number of nitrogens with one attached hydrogen (secondary N) is 1. The highest BCUT2D eigenvalue weighted by molar-refractivity contribution is 5.84. The van der Waals surface area contributed by atoms with Gasteiger partial charge in [-0.3, -0.25) is 9.48 Å². The molecule has 0 radical (unpaired) electrons. The standard InChI is InChI=1S/C22H28N6O3/c1-13(14-6-19(29)23-8-14)31-21-20-18(24-12-28(20)16-4-5-16)7-17(26-21)15-9-25-27(10-15)11-22(2,3)30/h7,9-10,12-14,16,30H,4-6,8,11H2,1-3H3,(H,23,29)/t13?,14-/m1/s1. The van der Waals surface area contributed by atoms with E-state index in [0.717, 1.165) is 35.1 Å². The van der Waals surface area contributed by atoms with Crippen LogP contribution in [0.4, 0.5) is 0 Å².